The van der Waals surface area contributed by atoms with E-state index in [2.05, 4.69) is 29.5 Å². The second-order valence-corrected chi connectivity index (χ2v) is 5.39. The highest BCUT2D eigenvalue weighted by atomic mass is 32.1. The second-order valence-electron chi connectivity index (χ2n) is 4.53. The molecule has 1 aromatic heterocycles. The fourth-order valence-corrected chi connectivity index (χ4v) is 2.61. The van der Waals surface area contributed by atoms with E-state index in [0.717, 1.165) is 35.0 Å². The molecule has 4 heteroatoms. The zero-order valence-electron chi connectivity index (χ0n) is 11.6. The lowest BCUT2D eigenvalue weighted by atomic mass is 10.2. The number of aromatic nitrogens is 1. The Hall–Kier alpha value is -1.39. The summed E-state index contributed by atoms with van der Waals surface area (Å²) in [6, 6.07) is 8.52. The molecule has 1 atom stereocenters. The summed E-state index contributed by atoms with van der Waals surface area (Å²) in [5.41, 5.74) is 2.15. The maximum atomic E-state index is 5.38. The molecule has 0 radical (unpaired) electrons. The van der Waals surface area contributed by atoms with Gasteiger partial charge in [0.1, 0.15) is 10.8 Å². The minimum atomic E-state index is 0.524. The number of ether oxygens (including phenoxy) is 1. The van der Waals surface area contributed by atoms with Crippen molar-refractivity contribution >= 4 is 11.3 Å². The van der Waals surface area contributed by atoms with Gasteiger partial charge in [-0.05, 0) is 25.5 Å². The molecule has 0 saturated heterocycles. The van der Waals surface area contributed by atoms with Crippen LogP contribution in [0.1, 0.15) is 26.0 Å². The third kappa shape index (κ3) is 3.55. The van der Waals surface area contributed by atoms with Crippen LogP contribution < -0.4 is 10.1 Å². The van der Waals surface area contributed by atoms with Crippen LogP contribution in [0.4, 0.5) is 0 Å². The summed E-state index contributed by atoms with van der Waals surface area (Å²) in [6.45, 7) is 5.19. The van der Waals surface area contributed by atoms with Crippen molar-refractivity contribution in [3.8, 4) is 16.3 Å². The molecule has 2 aromatic rings. The van der Waals surface area contributed by atoms with E-state index in [1.807, 2.05) is 24.3 Å². The molecular formula is C15H20N2OS. The smallest absolute Gasteiger partial charge is 0.129 e. The first-order valence-electron chi connectivity index (χ1n) is 6.55. The predicted octanol–water partition coefficient (Wildman–Crippen LogP) is 3.71. The van der Waals surface area contributed by atoms with Crippen LogP contribution in [-0.2, 0) is 6.54 Å². The van der Waals surface area contributed by atoms with Crippen molar-refractivity contribution in [3.05, 3.63) is 35.3 Å². The van der Waals surface area contributed by atoms with Crippen LogP contribution in [0, 0.1) is 0 Å². The van der Waals surface area contributed by atoms with E-state index < -0.39 is 0 Å². The monoisotopic (exact) mass is 276 g/mol. The number of hydrogen-bond donors (Lipinski definition) is 1. The fourth-order valence-electron chi connectivity index (χ4n) is 1.76. The average Bonchev–Trinajstić information content (AvgIpc) is 2.93. The number of benzene rings is 1. The fraction of sp³-hybridized carbons (Fsp3) is 0.400. The molecule has 0 amide bonds. The number of nitrogens with zero attached hydrogens (tertiary/aromatic N) is 1. The predicted molar refractivity (Wildman–Crippen MR) is 80.7 cm³/mol. The number of hydrogen-bond acceptors (Lipinski definition) is 4. The maximum absolute atomic E-state index is 5.38. The van der Waals surface area contributed by atoms with Crippen molar-refractivity contribution in [1.29, 1.82) is 0 Å². The topological polar surface area (TPSA) is 34.1 Å². The lowest BCUT2D eigenvalue weighted by Crippen LogP contribution is -2.24. The van der Waals surface area contributed by atoms with Crippen LogP contribution in [0.2, 0.25) is 0 Å². The van der Waals surface area contributed by atoms with E-state index in [4.69, 9.17) is 4.74 Å². The molecule has 102 valence electrons. The van der Waals surface area contributed by atoms with Crippen molar-refractivity contribution in [1.82, 2.24) is 10.3 Å². The van der Waals surface area contributed by atoms with Crippen LogP contribution >= 0.6 is 11.3 Å². The molecule has 1 heterocycles. The summed E-state index contributed by atoms with van der Waals surface area (Å²) in [5, 5.41) is 6.58. The third-order valence-corrected chi connectivity index (χ3v) is 4.06. The number of para-hydroxylation sites is 1. The Morgan fingerprint density at radius 1 is 1.37 bits per heavy atom. The lowest BCUT2D eigenvalue weighted by molar-refractivity contribution is 0.416. The molecule has 1 N–H and O–H groups in total. The summed E-state index contributed by atoms with van der Waals surface area (Å²) in [6.07, 6.45) is 1.13. The Kier molecular flexibility index (Phi) is 4.93. The molecule has 0 aliphatic rings. The third-order valence-electron chi connectivity index (χ3n) is 3.13. The van der Waals surface area contributed by atoms with Gasteiger partial charge in [-0.15, -0.1) is 11.3 Å². The summed E-state index contributed by atoms with van der Waals surface area (Å²) in [5.74, 6) is 0.873. The number of thiazole rings is 1. The number of nitrogens with one attached hydrogen (secondary N) is 1. The maximum Gasteiger partial charge on any atom is 0.129 e. The van der Waals surface area contributed by atoms with Gasteiger partial charge >= 0.3 is 0 Å². The Morgan fingerprint density at radius 3 is 2.89 bits per heavy atom. The van der Waals surface area contributed by atoms with Gasteiger partial charge in [0.05, 0.1) is 18.4 Å². The first kappa shape index (κ1) is 14.0. The Labute approximate surface area is 118 Å². The van der Waals surface area contributed by atoms with Crippen molar-refractivity contribution in [2.24, 2.45) is 0 Å². The van der Waals surface area contributed by atoms with Gasteiger partial charge in [-0.25, -0.2) is 4.98 Å². The van der Waals surface area contributed by atoms with Crippen LogP contribution in [0.25, 0.3) is 10.6 Å². The molecule has 0 aliphatic carbocycles. The molecular weight excluding hydrogens is 256 g/mol. The molecule has 0 saturated carbocycles. The zero-order chi connectivity index (χ0) is 13.7. The average molecular weight is 276 g/mol. The largest absolute Gasteiger partial charge is 0.496 e. The highest BCUT2D eigenvalue weighted by molar-refractivity contribution is 7.13. The molecule has 1 unspecified atom stereocenters. The van der Waals surface area contributed by atoms with Gasteiger partial charge in [0.25, 0.3) is 0 Å². The highest BCUT2D eigenvalue weighted by Crippen LogP contribution is 2.31. The molecule has 0 bridgehead atoms. The Balaban J connectivity index is 2.12. The number of rotatable bonds is 6. The van der Waals surface area contributed by atoms with Gasteiger partial charge in [-0.3, -0.25) is 0 Å². The molecule has 0 fully saturated rings. The summed E-state index contributed by atoms with van der Waals surface area (Å²) < 4.78 is 5.38. The summed E-state index contributed by atoms with van der Waals surface area (Å²) in [7, 11) is 1.69. The molecule has 0 spiro atoms. The molecule has 2 rings (SSSR count). The van der Waals surface area contributed by atoms with Gasteiger partial charge in [0, 0.05) is 18.0 Å². The van der Waals surface area contributed by atoms with Gasteiger partial charge in [0.15, 0.2) is 0 Å². The van der Waals surface area contributed by atoms with E-state index >= 15 is 0 Å². The van der Waals surface area contributed by atoms with Crippen LogP contribution in [-0.4, -0.2) is 18.1 Å². The minimum Gasteiger partial charge on any atom is -0.496 e. The number of methoxy groups -OCH3 is 1. The van der Waals surface area contributed by atoms with Gasteiger partial charge < -0.3 is 10.1 Å². The molecule has 0 aliphatic heterocycles. The van der Waals surface area contributed by atoms with E-state index in [1.165, 1.54) is 0 Å². The quantitative estimate of drug-likeness (QED) is 0.873. The minimum absolute atomic E-state index is 0.524. The molecule has 19 heavy (non-hydrogen) atoms. The van der Waals surface area contributed by atoms with Crippen LogP contribution in [0.5, 0.6) is 5.75 Å². The highest BCUT2D eigenvalue weighted by Gasteiger charge is 2.09. The molecule has 1 aromatic carbocycles. The van der Waals surface area contributed by atoms with E-state index in [1.54, 1.807) is 18.4 Å². The van der Waals surface area contributed by atoms with Gasteiger partial charge in [-0.1, -0.05) is 19.1 Å². The van der Waals surface area contributed by atoms with E-state index in [0.29, 0.717) is 6.04 Å². The summed E-state index contributed by atoms with van der Waals surface area (Å²) in [4.78, 5) is 4.67. The summed E-state index contributed by atoms with van der Waals surface area (Å²) >= 11 is 1.66. The van der Waals surface area contributed by atoms with E-state index in [-0.39, 0.29) is 0 Å². The van der Waals surface area contributed by atoms with Crippen molar-refractivity contribution < 1.29 is 4.74 Å². The Morgan fingerprint density at radius 2 is 2.16 bits per heavy atom. The second kappa shape index (κ2) is 6.68. The van der Waals surface area contributed by atoms with Crippen LogP contribution in [0.15, 0.2) is 29.6 Å². The standard InChI is InChI=1S/C15H20N2OS/c1-4-11(2)16-9-12-10-19-15(17-12)13-7-5-6-8-14(13)18-3/h5-8,10-11,16H,4,9H2,1-3H3. The van der Waals surface area contributed by atoms with Gasteiger partial charge in [-0.2, -0.15) is 0 Å². The van der Waals surface area contributed by atoms with Crippen molar-refractivity contribution in [3.63, 3.8) is 0 Å². The van der Waals surface area contributed by atoms with E-state index in [9.17, 15) is 0 Å². The first-order chi connectivity index (χ1) is 9.24. The first-order valence-corrected chi connectivity index (χ1v) is 7.43. The normalized spacial score (nSPS) is 12.4. The molecule has 3 nitrogen and oxygen atoms in total. The zero-order valence-corrected chi connectivity index (χ0v) is 12.5. The SMILES string of the molecule is CCC(C)NCc1csc(-c2ccccc2OC)n1. The Bertz CT molecular complexity index is 524. The van der Waals surface area contributed by atoms with Crippen molar-refractivity contribution in [2.75, 3.05) is 7.11 Å². The lowest BCUT2D eigenvalue weighted by Gasteiger charge is -2.09. The van der Waals surface area contributed by atoms with Crippen molar-refractivity contribution in [2.45, 2.75) is 32.9 Å². The van der Waals surface area contributed by atoms with Crippen LogP contribution in [0.3, 0.4) is 0 Å². The van der Waals surface area contributed by atoms with Gasteiger partial charge in [0.2, 0.25) is 0 Å².